The van der Waals surface area contributed by atoms with Crippen molar-refractivity contribution >= 4 is 5.69 Å². The van der Waals surface area contributed by atoms with E-state index in [4.69, 9.17) is 0 Å². The fourth-order valence-electron chi connectivity index (χ4n) is 2.92. The predicted molar refractivity (Wildman–Crippen MR) is 62.5 cm³/mol. The zero-order chi connectivity index (χ0) is 10.4. The van der Waals surface area contributed by atoms with Crippen LogP contribution < -0.4 is 4.90 Å². The van der Waals surface area contributed by atoms with Crippen molar-refractivity contribution in [1.29, 1.82) is 0 Å². The van der Waals surface area contributed by atoms with Crippen LogP contribution in [0.4, 0.5) is 5.69 Å². The second-order valence-corrected chi connectivity index (χ2v) is 5.03. The van der Waals surface area contributed by atoms with Gasteiger partial charge in [-0.1, -0.05) is 13.8 Å². The lowest BCUT2D eigenvalue weighted by Gasteiger charge is -2.40. The van der Waals surface area contributed by atoms with Gasteiger partial charge in [-0.25, -0.2) is 0 Å². The molecule has 2 nitrogen and oxygen atoms in total. The van der Waals surface area contributed by atoms with Gasteiger partial charge in [0.2, 0.25) is 0 Å². The number of anilines is 1. The Kier molecular flexibility index (Phi) is 1.98. The summed E-state index contributed by atoms with van der Waals surface area (Å²) in [6, 6.07) is 0. The van der Waals surface area contributed by atoms with E-state index in [1.165, 1.54) is 42.7 Å². The topological polar surface area (TPSA) is 16.1 Å². The molecule has 2 atom stereocenters. The number of nitrogens with zero attached hydrogens (tertiary/aromatic N) is 2. The van der Waals surface area contributed by atoms with Crippen molar-refractivity contribution in [2.24, 2.45) is 0 Å². The van der Waals surface area contributed by atoms with Gasteiger partial charge in [0.1, 0.15) is 0 Å². The Balaban J connectivity index is 2.20. The number of hydrogen-bond acceptors (Lipinski definition) is 2. The van der Waals surface area contributed by atoms with Crippen molar-refractivity contribution in [2.75, 3.05) is 18.0 Å². The normalized spacial score (nSPS) is 28.8. The van der Waals surface area contributed by atoms with Crippen LogP contribution in [0.3, 0.4) is 0 Å². The molecule has 0 N–H and O–H groups in total. The highest BCUT2D eigenvalue weighted by Gasteiger charge is 2.30. The average Bonchev–Trinajstić information content (AvgIpc) is 2.27. The molecule has 3 heterocycles. The molecule has 1 aromatic heterocycles. The van der Waals surface area contributed by atoms with Gasteiger partial charge in [-0.05, 0) is 35.8 Å². The first-order valence-corrected chi connectivity index (χ1v) is 6.00. The van der Waals surface area contributed by atoms with Crippen LogP contribution in [0.2, 0.25) is 0 Å². The van der Waals surface area contributed by atoms with E-state index in [9.17, 15) is 0 Å². The fourth-order valence-corrected chi connectivity index (χ4v) is 2.92. The van der Waals surface area contributed by atoms with Gasteiger partial charge >= 0.3 is 0 Å². The predicted octanol–water partition coefficient (Wildman–Crippen LogP) is 2.90. The second-order valence-electron chi connectivity index (χ2n) is 5.03. The molecule has 0 spiro atoms. The van der Waals surface area contributed by atoms with Crippen molar-refractivity contribution in [3.05, 3.63) is 23.5 Å². The zero-order valence-corrected chi connectivity index (χ0v) is 9.53. The fraction of sp³-hybridized carbons (Fsp3) is 0.615. The summed E-state index contributed by atoms with van der Waals surface area (Å²) in [4.78, 5) is 6.97. The molecule has 0 saturated heterocycles. The van der Waals surface area contributed by atoms with Gasteiger partial charge in [0.05, 0.1) is 0 Å². The zero-order valence-electron chi connectivity index (χ0n) is 9.53. The third-order valence-electron chi connectivity index (χ3n) is 4.02. The van der Waals surface area contributed by atoms with E-state index >= 15 is 0 Å². The summed E-state index contributed by atoms with van der Waals surface area (Å²) in [7, 11) is 0. The molecule has 3 rings (SSSR count). The first-order valence-electron chi connectivity index (χ1n) is 6.00. The summed E-state index contributed by atoms with van der Waals surface area (Å²) in [6.45, 7) is 7.12. The molecule has 0 aromatic carbocycles. The SMILES string of the molecule is C[C@@H]1CCN2CC[C@@H](C)c3cncc1c32. The Morgan fingerprint density at radius 2 is 1.60 bits per heavy atom. The van der Waals surface area contributed by atoms with Gasteiger partial charge in [0, 0.05) is 31.2 Å². The van der Waals surface area contributed by atoms with E-state index in [0.29, 0.717) is 11.8 Å². The molecular formula is C13H18N2. The van der Waals surface area contributed by atoms with Gasteiger partial charge < -0.3 is 4.90 Å². The summed E-state index contributed by atoms with van der Waals surface area (Å²) in [5.74, 6) is 1.38. The Labute approximate surface area is 91.3 Å². The molecule has 0 amide bonds. The highest BCUT2D eigenvalue weighted by atomic mass is 15.1. The van der Waals surface area contributed by atoms with Crippen LogP contribution in [-0.4, -0.2) is 18.1 Å². The van der Waals surface area contributed by atoms with E-state index < -0.39 is 0 Å². The molecule has 0 radical (unpaired) electrons. The molecule has 2 aliphatic heterocycles. The Morgan fingerprint density at radius 1 is 1.07 bits per heavy atom. The number of hydrogen-bond donors (Lipinski definition) is 0. The molecule has 0 aliphatic carbocycles. The minimum Gasteiger partial charge on any atom is -0.371 e. The molecule has 0 saturated carbocycles. The maximum Gasteiger partial charge on any atom is 0.0467 e. The third kappa shape index (κ3) is 1.27. The van der Waals surface area contributed by atoms with E-state index in [1.54, 1.807) is 0 Å². The second kappa shape index (κ2) is 3.22. The third-order valence-corrected chi connectivity index (χ3v) is 4.02. The smallest absolute Gasteiger partial charge is 0.0467 e. The van der Waals surface area contributed by atoms with Crippen molar-refractivity contribution in [3.8, 4) is 0 Å². The standard InChI is InChI=1S/C13H18N2/c1-9-3-5-15-6-4-10(2)12-8-14-7-11(9)13(12)15/h7-10H,3-6H2,1-2H3/t9-,10-/m1/s1. The molecule has 0 unspecified atom stereocenters. The Morgan fingerprint density at radius 3 is 2.13 bits per heavy atom. The molecule has 2 aliphatic rings. The van der Waals surface area contributed by atoms with Crippen molar-refractivity contribution in [1.82, 2.24) is 4.98 Å². The van der Waals surface area contributed by atoms with Crippen molar-refractivity contribution in [3.63, 3.8) is 0 Å². The van der Waals surface area contributed by atoms with E-state index in [2.05, 4.69) is 36.1 Å². The molecular weight excluding hydrogens is 184 g/mol. The lowest BCUT2D eigenvalue weighted by atomic mass is 9.84. The number of pyridine rings is 1. The lowest BCUT2D eigenvalue weighted by Crippen LogP contribution is -2.36. The largest absolute Gasteiger partial charge is 0.371 e. The minimum atomic E-state index is 0.689. The summed E-state index contributed by atoms with van der Waals surface area (Å²) in [5.41, 5.74) is 4.47. The van der Waals surface area contributed by atoms with Crippen LogP contribution in [0, 0.1) is 0 Å². The maximum absolute atomic E-state index is 4.41. The number of rotatable bonds is 0. The molecule has 0 fully saturated rings. The van der Waals surface area contributed by atoms with Crippen LogP contribution in [0.1, 0.15) is 49.7 Å². The lowest BCUT2D eigenvalue weighted by molar-refractivity contribution is 0.544. The monoisotopic (exact) mass is 202 g/mol. The summed E-state index contributed by atoms with van der Waals surface area (Å²) < 4.78 is 0. The minimum absolute atomic E-state index is 0.689. The molecule has 0 bridgehead atoms. The van der Waals surface area contributed by atoms with Crippen molar-refractivity contribution < 1.29 is 0 Å². The Bertz CT molecular complexity index is 354. The van der Waals surface area contributed by atoms with Crippen LogP contribution in [0.15, 0.2) is 12.4 Å². The number of aromatic nitrogens is 1. The summed E-state index contributed by atoms with van der Waals surface area (Å²) in [5, 5.41) is 0. The van der Waals surface area contributed by atoms with Crippen LogP contribution >= 0.6 is 0 Å². The van der Waals surface area contributed by atoms with E-state index in [-0.39, 0.29) is 0 Å². The van der Waals surface area contributed by atoms with Crippen molar-refractivity contribution in [2.45, 2.75) is 38.5 Å². The molecule has 1 aromatic rings. The van der Waals surface area contributed by atoms with E-state index in [1.807, 2.05) is 0 Å². The quantitative estimate of drug-likeness (QED) is 0.643. The Hall–Kier alpha value is -1.05. The van der Waals surface area contributed by atoms with E-state index in [0.717, 1.165) is 0 Å². The van der Waals surface area contributed by atoms with Crippen LogP contribution in [0.25, 0.3) is 0 Å². The summed E-state index contributed by atoms with van der Waals surface area (Å²) in [6.07, 6.45) is 6.72. The maximum atomic E-state index is 4.41. The molecule has 15 heavy (non-hydrogen) atoms. The van der Waals surface area contributed by atoms with Crippen LogP contribution in [0.5, 0.6) is 0 Å². The summed E-state index contributed by atoms with van der Waals surface area (Å²) >= 11 is 0. The highest BCUT2D eigenvalue weighted by molar-refractivity contribution is 5.63. The average molecular weight is 202 g/mol. The van der Waals surface area contributed by atoms with Gasteiger partial charge in [-0.2, -0.15) is 0 Å². The molecule has 2 heteroatoms. The highest BCUT2D eigenvalue weighted by Crippen LogP contribution is 2.43. The van der Waals surface area contributed by atoms with Gasteiger partial charge in [-0.15, -0.1) is 0 Å². The molecule has 80 valence electrons. The van der Waals surface area contributed by atoms with Gasteiger partial charge in [0.15, 0.2) is 0 Å². The van der Waals surface area contributed by atoms with Gasteiger partial charge in [0.25, 0.3) is 0 Å². The van der Waals surface area contributed by atoms with Crippen LogP contribution in [-0.2, 0) is 0 Å². The first kappa shape index (κ1) is 9.20. The first-order chi connectivity index (χ1) is 7.27. The van der Waals surface area contributed by atoms with Gasteiger partial charge in [-0.3, -0.25) is 4.98 Å².